The number of rotatable bonds is 6. The molecule has 3 aromatic rings. The number of halogens is 1. The summed E-state index contributed by atoms with van der Waals surface area (Å²) < 4.78 is 13.2. The van der Waals surface area contributed by atoms with Crippen molar-refractivity contribution in [2.45, 2.75) is 27.2 Å². The number of anilines is 1. The van der Waals surface area contributed by atoms with Gasteiger partial charge in [-0.2, -0.15) is 0 Å². The smallest absolute Gasteiger partial charge is 0.278 e. The molecule has 5 heteroatoms. The Bertz CT molecular complexity index is 1210. The molecule has 1 aliphatic rings. The summed E-state index contributed by atoms with van der Waals surface area (Å²) >= 11 is 0. The topological polar surface area (TPSA) is 49.4 Å². The minimum absolute atomic E-state index is 0.219. The van der Waals surface area contributed by atoms with Crippen molar-refractivity contribution in [3.05, 3.63) is 106 Å². The van der Waals surface area contributed by atoms with E-state index >= 15 is 0 Å². The van der Waals surface area contributed by atoms with Crippen LogP contribution in [0.15, 0.2) is 72.4 Å². The second kappa shape index (κ2) is 8.79. The van der Waals surface area contributed by atoms with Crippen LogP contribution in [0.3, 0.4) is 0 Å². The third kappa shape index (κ3) is 4.19. The van der Waals surface area contributed by atoms with Crippen LogP contribution in [-0.4, -0.2) is 23.3 Å². The summed E-state index contributed by atoms with van der Waals surface area (Å²) in [5.41, 5.74) is 6.20. The van der Waals surface area contributed by atoms with Crippen LogP contribution in [0.4, 0.5) is 10.1 Å². The van der Waals surface area contributed by atoms with E-state index in [0.29, 0.717) is 17.6 Å². The summed E-state index contributed by atoms with van der Waals surface area (Å²) in [4.78, 5) is 28.0. The summed E-state index contributed by atoms with van der Waals surface area (Å²) in [6, 6.07) is 19.5. The number of aryl methyl sites for hydroxylation is 2. The summed E-state index contributed by atoms with van der Waals surface area (Å²) in [6.45, 7) is 6.18. The third-order valence-corrected chi connectivity index (χ3v) is 5.91. The highest BCUT2D eigenvalue weighted by Crippen LogP contribution is 2.32. The van der Waals surface area contributed by atoms with Gasteiger partial charge in [-0.15, -0.1) is 0 Å². The molecule has 0 saturated heterocycles. The Kier molecular flexibility index (Phi) is 5.91. The molecule has 0 unspecified atom stereocenters. The van der Waals surface area contributed by atoms with Gasteiger partial charge in [0.1, 0.15) is 11.5 Å². The number of nitrogens with one attached hydrogen (secondary N) is 1. The van der Waals surface area contributed by atoms with Gasteiger partial charge in [0.15, 0.2) is 0 Å². The summed E-state index contributed by atoms with van der Waals surface area (Å²) in [6.07, 6.45) is 0.454. The van der Waals surface area contributed by atoms with Gasteiger partial charge in [0.05, 0.1) is 5.57 Å². The lowest BCUT2D eigenvalue weighted by atomic mass is 10.0. The molecule has 162 valence electrons. The lowest BCUT2D eigenvalue weighted by Gasteiger charge is -2.16. The Balaban J connectivity index is 1.68. The van der Waals surface area contributed by atoms with Crippen molar-refractivity contribution in [1.82, 2.24) is 4.90 Å². The van der Waals surface area contributed by atoms with E-state index in [2.05, 4.69) is 5.32 Å². The zero-order chi connectivity index (χ0) is 22.8. The van der Waals surface area contributed by atoms with Crippen LogP contribution in [0.2, 0.25) is 0 Å². The predicted octanol–water partition coefficient (Wildman–Crippen LogP) is 5.19. The minimum atomic E-state index is -0.353. The molecule has 0 aliphatic carbocycles. The Labute approximate surface area is 187 Å². The number of carbonyl (C=O) groups excluding carboxylic acids is 2. The molecule has 0 fully saturated rings. The number of benzene rings is 3. The molecule has 4 rings (SSSR count). The first-order valence-electron chi connectivity index (χ1n) is 10.6. The molecule has 1 N–H and O–H groups in total. The van der Waals surface area contributed by atoms with Crippen LogP contribution in [0, 0.1) is 26.6 Å². The van der Waals surface area contributed by atoms with Crippen molar-refractivity contribution >= 4 is 23.1 Å². The monoisotopic (exact) mass is 428 g/mol. The first kappa shape index (κ1) is 21.5. The van der Waals surface area contributed by atoms with Gasteiger partial charge in [0.2, 0.25) is 0 Å². The second-order valence-corrected chi connectivity index (χ2v) is 8.13. The fraction of sp³-hybridized carbons (Fsp3) is 0.185. The van der Waals surface area contributed by atoms with E-state index in [0.717, 1.165) is 27.9 Å². The van der Waals surface area contributed by atoms with Gasteiger partial charge < -0.3 is 5.32 Å². The van der Waals surface area contributed by atoms with E-state index in [9.17, 15) is 14.0 Å². The molecule has 0 spiro atoms. The maximum atomic E-state index is 13.4. The van der Waals surface area contributed by atoms with Crippen LogP contribution in [0.1, 0.15) is 27.8 Å². The number of amides is 2. The highest BCUT2D eigenvalue weighted by atomic mass is 19.1. The van der Waals surface area contributed by atoms with Crippen LogP contribution >= 0.6 is 0 Å². The molecule has 3 aromatic carbocycles. The van der Waals surface area contributed by atoms with E-state index in [-0.39, 0.29) is 29.9 Å². The summed E-state index contributed by atoms with van der Waals surface area (Å²) in [5.74, 6) is -0.993. The molecule has 32 heavy (non-hydrogen) atoms. The molecular weight excluding hydrogens is 403 g/mol. The highest BCUT2D eigenvalue weighted by molar-refractivity contribution is 6.36. The van der Waals surface area contributed by atoms with Crippen molar-refractivity contribution in [1.29, 1.82) is 0 Å². The maximum absolute atomic E-state index is 13.4. The Morgan fingerprint density at radius 2 is 1.53 bits per heavy atom. The molecule has 0 aromatic heterocycles. The van der Waals surface area contributed by atoms with Crippen LogP contribution in [0.25, 0.3) is 5.57 Å². The number of imide groups is 1. The fourth-order valence-electron chi connectivity index (χ4n) is 3.80. The van der Waals surface area contributed by atoms with Crippen molar-refractivity contribution < 1.29 is 14.0 Å². The van der Waals surface area contributed by atoms with Gasteiger partial charge in [0, 0.05) is 12.2 Å². The first-order chi connectivity index (χ1) is 15.3. The molecular formula is C27H25FN2O2. The molecule has 0 bridgehead atoms. The summed E-state index contributed by atoms with van der Waals surface area (Å²) in [5, 5.41) is 3.25. The fourth-order valence-corrected chi connectivity index (χ4v) is 3.80. The minimum Gasteiger partial charge on any atom is -0.350 e. The standard InChI is InChI=1S/C27H25FN2O2/c1-17-7-11-21(12-8-17)24-25(29-23-6-4-5-18(2)19(23)3)27(32)30(26(24)31)16-15-20-9-13-22(28)14-10-20/h4-14,29H,15-16H2,1-3H3. The molecule has 1 aliphatic heterocycles. The lowest BCUT2D eigenvalue weighted by Crippen LogP contribution is -2.34. The first-order valence-corrected chi connectivity index (χ1v) is 10.6. The zero-order valence-corrected chi connectivity index (χ0v) is 18.4. The van der Waals surface area contributed by atoms with E-state index in [4.69, 9.17) is 0 Å². The highest BCUT2D eigenvalue weighted by Gasteiger charge is 2.39. The van der Waals surface area contributed by atoms with Crippen LogP contribution < -0.4 is 5.32 Å². The molecule has 1 heterocycles. The number of carbonyl (C=O) groups is 2. The Hall–Kier alpha value is -3.73. The molecule has 0 atom stereocenters. The number of hydrogen-bond donors (Lipinski definition) is 1. The molecule has 0 saturated carbocycles. The summed E-state index contributed by atoms with van der Waals surface area (Å²) in [7, 11) is 0. The van der Waals surface area contributed by atoms with Gasteiger partial charge in [-0.1, -0.05) is 54.1 Å². The van der Waals surface area contributed by atoms with Gasteiger partial charge in [-0.05, 0) is 67.6 Å². The van der Waals surface area contributed by atoms with Crippen LogP contribution in [-0.2, 0) is 16.0 Å². The quantitative estimate of drug-likeness (QED) is 0.550. The van der Waals surface area contributed by atoms with Crippen molar-refractivity contribution in [3.8, 4) is 0 Å². The molecule has 4 nitrogen and oxygen atoms in total. The van der Waals surface area contributed by atoms with Crippen molar-refractivity contribution in [2.75, 3.05) is 11.9 Å². The molecule has 0 radical (unpaired) electrons. The lowest BCUT2D eigenvalue weighted by molar-refractivity contribution is -0.136. The van der Waals surface area contributed by atoms with E-state index in [1.165, 1.54) is 17.0 Å². The Morgan fingerprint density at radius 1 is 0.844 bits per heavy atom. The van der Waals surface area contributed by atoms with E-state index < -0.39 is 0 Å². The second-order valence-electron chi connectivity index (χ2n) is 8.13. The third-order valence-electron chi connectivity index (χ3n) is 5.91. The van der Waals surface area contributed by atoms with Crippen molar-refractivity contribution in [3.63, 3.8) is 0 Å². The SMILES string of the molecule is Cc1ccc(C2=C(Nc3cccc(C)c3C)C(=O)N(CCc3ccc(F)cc3)C2=O)cc1. The van der Waals surface area contributed by atoms with Gasteiger partial charge in [-0.25, -0.2) is 4.39 Å². The normalized spacial score (nSPS) is 13.8. The maximum Gasteiger partial charge on any atom is 0.278 e. The van der Waals surface area contributed by atoms with Crippen molar-refractivity contribution in [2.24, 2.45) is 0 Å². The van der Waals surface area contributed by atoms with Gasteiger partial charge in [0.25, 0.3) is 11.8 Å². The average Bonchev–Trinajstić information content (AvgIpc) is 3.01. The van der Waals surface area contributed by atoms with Crippen LogP contribution in [0.5, 0.6) is 0 Å². The zero-order valence-electron chi connectivity index (χ0n) is 18.4. The Morgan fingerprint density at radius 3 is 2.22 bits per heavy atom. The largest absolute Gasteiger partial charge is 0.350 e. The van der Waals surface area contributed by atoms with Gasteiger partial charge >= 0.3 is 0 Å². The number of hydrogen-bond acceptors (Lipinski definition) is 3. The molecule has 2 amide bonds. The van der Waals surface area contributed by atoms with Gasteiger partial charge in [-0.3, -0.25) is 14.5 Å². The van der Waals surface area contributed by atoms with E-state index in [1.807, 2.05) is 63.2 Å². The average molecular weight is 429 g/mol. The number of nitrogens with zero attached hydrogens (tertiary/aromatic N) is 1. The van der Waals surface area contributed by atoms with E-state index in [1.54, 1.807) is 12.1 Å². The predicted molar refractivity (Wildman–Crippen MR) is 124 cm³/mol.